The predicted octanol–water partition coefficient (Wildman–Crippen LogP) is 4.02. The Morgan fingerprint density at radius 3 is 2.54 bits per heavy atom. The Bertz CT molecular complexity index is 1010. The summed E-state index contributed by atoms with van der Waals surface area (Å²) in [5.41, 5.74) is 0.506. The third-order valence-electron chi connectivity index (χ3n) is 4.12. The number of nitrogens with one attached hydrogen (secondary N) is 1. The van der Waals surface area contributed by atoms with Gasteiger partial charge < -0.3 is 19.3 Å². The molecule has 2 heterocycles. The van der Waals surface area contributed by atoms with Crippen molar-refractivity contribution in [3.8, 4) is 22.8 Å². The molecule has 1 aliphatic rings. The lowest BCUT2D eigenvalue weighted by molar-refractivity contribution is -0.137. The SMILES string of the molecule is O=C(NCc1cc(-c2ccc3c(c2)OCO3)on1)c1ccc(C(F)(F)F)cc1. The number of carbonyl (C=O) groups is 1. The number of amides is 1. The molecule has 9 heteroatoms. The van der Waals surface area contributed by atoms with E-state index < -0.39 is 17.6 Å². The van der Waals surface area contributed by atoms with Crippen LogP contribution < -0.4 is 14.8 Å². The van der Waals surface area contributed by atoms with Crippen molar-refractivity contribution in [2.45, 2.75) is 12.7 Å². The van der Waals surface area contributed by atoms with Crippen LogP contribution in [0, 0.1) is 0 Å². The molecule has 0 aliphatic carbocycles. The van der Waals surface area contributed by atoms with Crippen LogP contribution in [0.15, 0.2) is 53.1 Å². The maximum Gasteiger partial charge on any atom is 0.416 e. The molecule has 1 N–H and O–H groups in total. The number of halogens is 3. The molecule has 0 saturated heterocycles. The molecule has 144 valence electrons. The van der Waals surface area contributed by atoms with E-state index in [4.69, 9.17) is 14.0 Å². The maximum absolute atomic E-state index is 12.6. The molecule has 6 nitrogen and oxygen atoms in total. The Labute approximate surface area is 156 Å². The smallest absolute Gasteiger partial charge is 0.416 e. The zero-order chi connectivity index (χ0) is 19.7. The number of alkyl halides is 3. The van der Waals surface area contributed by atoms with Crippen LogP contribution in [0.5, 0.6) is 11.5 Å². The van der Waals surface area contributed by atoms with Crippen LogP contribution in [0.3, 0.4) is 0 Å². The fourth-order valence-electron chi connectivity index (χ4n) is 2.66. The largest absolute Gasteiger partial charge is 0.454 e. The molecule has 1 aromatic heterocycles. The highest BCUT2D eigenvalue weighted by atomic mass is 19.4. The molecule has 28 heavy (non-hydrogen) atoms. The number of hydrogen-bond donors (Lipinski definition) is 1. The molecule has 4 rings (SSSR count). The van der Waals surface area contributed by atoms with Crippen LogP contribution in [0.2, 0.25) is 0 Å². The molecule has 0 spiro atoms. The highest BCUT2D eigenvalue weighted by Crippen LogP contribution is 2.36. The number of carbonyl (C=O) groups excluding carboxylic acids is 1. The van der Waals surface area contributed by atoms with E-state index >= 15 is 0 Å². The van der Waals surface area contributed by atoms with Crippen molar-refractivity contribution >= 4 is 5.91 Å². The zero-order valence-corrected chi connectivity index (χ0v) is 14.2. The lowest BCUT2D eigenvalue weighted by Crippen LogP contribution is -2.23. The van der Waals surface area contributed by atoms with Gasteiger partial charge in [0.25, 0.3) is 5.91 Å². The van der Waals surface area contributed by atoms with Gasteiger partial charge in [-0.3, -0.25) is 4.79 Å². The van der Waals surface area contributed by atoms with Gasteiger partial charge in [0.05, 0.1) is 12.1 Å². The van der Waals surface area contributed by atoms with Crippen LogP contribution in [0.25, 0.3) is 11.3 Å². The molecule has 3 aromatic rings. The van der Waals surface area contributed by atoms with E-state index in [1.54, 1.807) is 24.3 Å². The monoisotopic (exact) mass is 390 g/mol. The Hall–Kier alpha value is -3.49. The van der Waals surface area contributed by atoms with Gasteiger partial charge in [0.1, 0.15) is 5.69 Å². The van der Waals surface area contributed by atoms with E-state index in [0.717, 1.165) is 29.8 Å². The Balaban J connectivity index is 1.40. The normalized spacial score (nSPS) is 12.8. The van der Waals surface area contributed by atoms with Crippen molar-refractivity contribution in [1.82, 2.24) is 10.5 Å². The third kappa shape index (κ3) is 3.64. The molecule has 0 radical (unpaired) electrons. The molecular formula is C19H13F3N2O4. The molecule has 1 aliphatic heterocycles. The minimum absolute atomic E-state index is 0.0634. The lowest BCUT2D eigenvalue weighted by Gasteiger charge is -2.07. The van der Waals surface area contributed by atoms with Gasteiger partial charge in [0.2, 0.25) is 6.79 Å². The van der Waals surface area contributed by atoms with Crippen molar-refractivity contribution in [3.05, 3.63) is 65.4 Å². The van der Waals surface area contributed by atoms with Gasteiger partial charge in [0.15, 0.2) is 17.3 Å². The highest BCUT2D eigenvalue weighted by Gasteiger charge is 2.30. The molecule has 2 aromatic carbocycles. The first-order valence-electron chi connectivity index (χ1n) is 8.21. The average Bonchev–Trinajstić information content (AvgIpc) is 3.34. The van der Waals surface area contributed by atoms with E-state index in [0.29, 0.717) is 23.0 Å². The second kappa shape index (κ2) is 6.91. The Morgan fingerprint density at radius 1 is 1.04 bits per heavy atom. The quantitative estimate of drug-likeness (QED) is 0.729. The van der Waals surface area contributed by atoms with E-state index in [9.17, 15) is 18.0 Å². The minimum Gasteiger partial charge on any atom is -0.454 e. The van der Waals surface area contributed by atoms with Crippen molar-refractivity contribution in [3.63, 3.8) is 0 Å². The fraction of sp³-hybridized carbons (Fsp3) is 0.158. The second-order valence-corrected chi connectivity index (χ2v) is 6.01. The number of nitrogens with zero attached hydrogens (tertiary/aromatic N) is 1. The Kier molecular flexibility index (Phi) is 4.42. The van der Waals surface area contributed by atoms with Gasteiger partial charge in [-0.15, -0.1) is 0 Å². The van der Waals surface area contributed by atoms with Crippen LogP contribution in [-0.2, 0) is 12.7 Å². The van der Waals surface area contributed by atoms with E-state index in [-0.39, 0.29) is 18.9 Å². The summed E-state index contributed by atoms with van der Waals surface area (Å²) in [7, 11) is 0. The van der Waals surface area contributed by atoms with Gasteiger partial charge in [-0.1, -0.05) is 5.16 Å². The Morgan fingerprint density at radius 2 is 1.79 bits per heavy atom. The third-order valence-corrected chi connectivity index (χ3v) is 4.12. The van der Waals surface area contributed by atoms with Crippen LogP contribution in [0.4, 0.5) is 13.2 Å². The standard InChI is InChI=1S/C19H13F3N2O4/c20-19(21,22)13-4-1-11(2-5-13)18(25)23-9-14-8-16(28-24-14)12-3-6-15-17(7-12)27-10-26-15/h1-8H,9-10H2,(H,23,25). The number of rotatable bonds is 4. The molecule has 1 amide bonds. The molecule has 0 unspecified atom stereocenters. The summed E-state index contributed by atoms with van der Waals surface area (Å²) >= 11 is 0. The second-order valence-electron chi connectivity index (χ2n) is 6.01. The zero-order valence-electron chi connectivity index (χ0n) is 14.2. The first-order chi connectivity index (χ1) is 13.4. The van der Waals surface area contributed by atoms with Crippen molar-refractivity contribution < 1.29 is 32.0 Å². The van der Waals surface area contributed by atoms with Crippen molar-refractivity contribution in [1.29, 1.82) is 0 Å². The summed E-state index contributed by atoms with van der Waals surface area (Å²) in [6.07, 6.45) is -4.44. The van der Waals surface area contributed by atoms with Crippen LogP contribution in [-0.4, -0.2) is 17.9 Å². The first-order valence-corrected chi connectivity index (χ1v) is 8.21. The number of ether oxygens (including phenoxy) is 2. The van der Waals surface area contributed by atoms with Gasteiger partial charge in [-0.05, 0) is 42.5 Å². The van der Waals surface area contributed by atoms with Crippen molar-refractivity contribution in [2.24, 2.45) is 0 Å². The first kappa shape index (κ1) is 17.9. The van der Waals surface area contributed by atoms with Gasteiger partial charge in [-0.25, -0.2) is 0 Å². The van der Waals surface area contributed by atoms with E-state index in [1.165, 1.54) is 0 Å². The minimum atomic E-state index is -4.44. The molecule has 0 fully saturated rings. The molecular weight excluding hydrogens is 377 g/mol. The lowest BCUT2D eigenvalue weighted by atomic mass is 10.1. The summed E-state index contributed by atoms with van der Waals surface area (Å²) in [5, 5.41) is 6.48. The summed E-state index contributed by atoms with van der Waals surface area (Å²) in [6, 6.07) is 10.9. The van der Waals surface area contributed by atoms with Gasteiger partial charge >= 0.3 is 6.18 Å². The fourth-order valence-corrected chi connectivity index (χ4v) is 2.66. The van der Waals surface area contributed by atoms with E-state index in [1.807, 2.05) is 0 Å². The number of hydrogen-bond acceptors (Lipinski definition) is 5. The summed E-state index contributed by atoms with van der Waals surface area (Å²) in [5.74, 6) is 1.22. The summed E-state index contributed by atoms with van der Waals surface area (Å²) in [6.45, 7) is 0.227. The van der Waals surface area contributed by atoms with Crippen LogP contribution in [0.1, 0.15) is 21.6 Å². The maximum atomic E-state index is 12.6. The van der Waals surface area contributed by atoms with Crippen molar-refractivity contribution in [2.75, 3.05) is 6.79 Å². The molecule has 0 saturated carbocycles. The topological polar surface area (TPSA) is 73.6 Å². The van der Waals surface area contributed by atoms with Gasteiger partial charge in [0, 0.05) is 17.2 Å². The number of benzene rings is 2. The summed E-state index contributed by atoms with van der Waals surface area (Å²) < 4.78 is 53.6. The average molecular weight is 390 g/mol. The number of aromatic nitrogens is 1. The molecule has 0 bridgehead atoms. The summed E-state index contributed by atoms with van der Waals surface area (Å²) in [4.78, 5) is 12.1. The number of fused-ring (bicyclic) bond motifs is 1. The highest BCUT2D eigenvalue weighted by molar-refractivity contribution is 5.94. The van der Waals surface area contributed by atoms with Gasteiger partial charge in [-0.2, -0.15) is 13.2 Å². The predicted molar refractivity (Wildman–Crippen MR) is 90.7 cm³/mol. The van der Waals surface area contributed by atoms with E-state index in [2.05, 4.69) is 10.5 Å². The molecule has 0 atom stereocenters. The van der Waals surface area contributed by atoms with Crippen LogP contribution >= 0.6 is 0 Å².